The number of carbonyl (C=O) groups is 1. The summed E-state index contributed by atoms with van der Waals surface area (Å²) in [5.41, 5.74) is 1.36. The van der Waals surface area contributed by atoms with Gasteiger partial charge in [-0.2, -0.15) is 8.78 Å². The number of rotatable bonds is 5. The molecule has 23 heavy (non-hydrogen) atoms. The molecule has 120 valence electrons. The van der Waals surface area contributed by atoms with Gasteiger partial charge in [-0.3, -0.25) is 4.79 Å². The highest BCUT2D eigenvalue weighted by atomic mass is 79.9. The zero-order chi connectivity index (χ0) is 16.4. The van der Waals surface area contributed by atoms with Gasteiger partial charge in [0.15, 0.2) is 0 Å². The number of amides is 1. The fourth-order valence-corrected chi connectivity index (χ4v) is 3.00. The molecule has 0 heterocycles. The number of nitrogens with one attached hydrogen (secondary N) is 1. The number of alkyl halides is 2. The van der Waals surface area contributed by atoms with Crippen molar-refractivity contribution < 1.29 is 18.3 Å². The van der Waals surface area contributed by atoms with E-state index in [1.165, 1.54) is 6.07 Å². The third-order valence-electron chi connectivity index (χ3n) is 3.77. The van der Waals surface area contributed by atoms with E-state index in [1.807, 2.05) is 24.3 Å². The summed E-state index contributed by atoms with van der Waals surface area (Å²) < 4.78 is 30.2. The molecule has 1 fully saturated rings. The van der Waals surface area contributed by atoms with Gasteiger partial charge in [0.2, 0.25) is 5.91 Å². The van der Waals surface area contributed by atoms with E-state index in [-0.39, 0.29) is 29.2 Å². The first-order chi connectivity index (χ1) is 11.0. The second-order valence-corrected chi connectivity index (χ2v) is 6.28. The third kappa shape index (κ3) is 3.88. The Labute approximate surface area is 140 Å². The lowest BCUT2D eigenvalue weighted by Crippen LogP contribution is -2.16. The monoisotopic (exact) mass is 381 g/mol. The second-order valence-electron chi connectivity index (χ2n) is 5.37. The molecule has 0 radical (unpaired) electrons. The van der Waals surface area contributed by atoms with Crippen molar-refractivity contribution in [1.82, 2.24) is 0 Å². The van der Waals surface area contributed by atoms with Crippen LogP contribution in [0.1, 0.15) is 17.9 Å². The molecular formula is C17H14BrF2NO2. The summed E-state index contributed by atoms with van der Waals surface area (Å²) >= 11 is 3.41. The van der Waals surface area contributed by atoms with Gasteiger partial charge < -0.3 is 10.1 Å². The predicted molar refractivity (Wildman–Crippen MR) is 86.7 cm³/mol. The Bertz CT molecular complexity index is 723. The van der Waals surface area contributed by atoms with Gasteiger partial charge in [-0.25, -0.2) is 0 Å². The van der Waals surface area contributed by atoms with Gasteiger partial charge in [-0.05, 0) is 42.2 Å². The van der Waals surface area contributed by atoms with Crippen LogP contribution in [0.25, 0.3) is 0 Å². The zero-order valence-electron chi connectivity index (χ0n) is 12.0. The van der Waals surface area contributed by atoms with E-state index < -0.39 is 6.61 Å². The van der Waals surface area contributed by atoms with Crippen LogP contribution in [0.3, 0.4) is 0 Å². The summed E-state index contributed by atoms with van der Waals surface area (Å²) in [5, 5.41) is 2.68. The first-order valence-corrected chi connectivity index (χ1v) is 7.94. The molecule has 2 aromatic carbocycles. The van der Waals surface area contributed by atoms with E-state index >= 15 is 0 Å². The lowest BCUT2D eigenvalue weighted by Gasteiger charge is -2.11. The largest absolute Gasteiger partial charge is 0.433 e. The van der Waals surface area contributed by atoms with Crippen LogP contribution in [0.5, 0.6) is 5.75 Å². The summed E-state index contributed by atoms with van der Waals surface area (Å²) in [4.78, 5) is 12.3. The number of anilines is 1. The smallest absolute Gasteiger partial charge is 0.387 e. The first-order valence-electron chi connectivity index (χ1n) is 7.15. The summed E-state index contributed by atoms with van der Waals surface area (Å²) in [5.74, 6) is -0.199. The van der Waals surface area contributed by atoms with Crippen LogP contribution in [0.15, 0.2) is 53.0 Å². The maximum absolute atomic E-state index is 12.4. The van der Waals surface area contributed by atoms with Crippen LogP contribution in [-0.2, 0) is 4.79 Å². The van der Waals surface area contributed by atoms with Crippen molar-refractivity contribution in [2.45, 2.75) is 19.0 Å². The van der Waals surface area contributed by atoms with Gasteiger partial charge in [0.25, 0.3) is 0 Å². The molecule has 0 aromatic heterocycles. The molecule has 0 bridgehead atoms. The van der Waals surface area contributed by atoms with Gasteiger partial charge in [0, 0.05) is 10.4 Å². The van der Waals surface area contributed by atoms with Gasteiger partial charge >= 0.3 is 6.61 Å². The number of hydrogen-bond acceptors (Lipinski definition) is 2. The van der Waals surface area contributed by atoms with Gasteiger partial charge in [-0.15, -0.1) is 0 Å². The van der Waals surface area contributed by atoms with E-state index in [1.54, 1.807) is 18.2 Å². The van der Waals surface area contributed by atoms with Crippen LogP contribution in [0.2, 0.25) is 0 Å². The van der Waals surface area contributed by atoms with Crippen molar-refractivity contribution in [3.8, 4) is 5.75 Å². The average molecular weight is 382 g/mol. The second kappa shape index (κ2) is 6.66. The van der Waals surface area contributed by atoms with E-state index in [9.17, 15) is 13.6 Å². The Balaban J connectivity index is 1.67. The van der Waals surface area contributed by atoms with Crippen molar-refractivity contribution in [3.05, 3.63) is 58.6 Å². The average Bonchev–Trinajstić information content (AvgIpc) is 3.29. The SMILES string of the molecule is O=C(Nc1ccccc1OC(F)F)C1CC1c1cccc(Br)c1. The van der Waals surface area contributed by atoms with E-state index in [0.29, 0.717) is 0 Å². The molecule has 3 rings (SSSR count). The highest BCUT2D eigenvalue weighted by molar-refractivity contribution is 9.10. The molecular weight excluding hydrogens is 368 g/mol. The molecule has 1 aliphatic carbocycles. The molecule has 1 aliphatic rings. The highest BCUT2D eigenvalue weighted by Crippen LogP contribution is 2.48. The van der Waals surface area contributed by atoms with E-state index in [4.69, 9.17) is 0 Å². The minimum absolute atomic E-state index is 0.0319. The molecule has 1 saturated carbocycles. The fourth-order valence-electron chi connectivity index (χ4n) is 2.58. The summed E-state index contributed by atoms with van der Waals surface area (Å²) in [6.45, 7) is -2.93. The van der Waals surface area contributed by atoms with Crippen LogP contribution in [0.4, 0.5) is 14.5 Å². The molecule has 1 amide bonds. The number of halogens is 3. The van der Waals surface area contributed by atoms with Gasteiger partial charge in [-0.1, -0.05) is 40.2 Å². The summed E-state index contributed by atoms with van der Waals surface area (Å²) in [6, 6.07) is 14.0. The summed E-state index contributed by atoms with van der Waals surface area (Å²) in [7, 11) is 0. The maximum atomic E-state index is 12.4. The van der Waals surface area contributed by atoms with Crippen molar-refractivity contribution in [2.75, 3.05) is 5.32 Å². The number of benzene rings is 2. The number of ether oxygens (including phenoxy) is 1. The van der Waals surface area contributed by atoms with E-state index in [0.717, 1.165) is 16.5 Å². The molecule has 2 unspecified atom stereocenters. The van der Waals surface area contributed by atoms with Gasteiger partial charge in [0.1, 0.15) is 5.75 Å². The van der Waals surface area contributed by atoms with Crippen LogP contribution < -0.4 is 10.1 Å². The molecule has 2 aromatic rings. The van der Waals surface area contributed by atoms with Crippen LogP contribution in [0, 0.1) is 5.92 Å². The molecule has 1 N–H and O–H groups in total. The molecule has 6 heteroatoms. The minimum Gasteiger partial charge on any atom is -0.433 e. The Kier molecular flexibility index (Phi) is 4.61. The Morgan fingerprint density at radius 3 is 2.74 bits per heavy atom. The Hall–Kier alpha value is -1.95. The normalized spacial score (nSPS) is 19.5. The van der Waals surface area contributed by atoms with Crippen LogP contribution in [-0.4, -0.2) is 12.5 Å². The van der Waals surface area contributed by atoms with Crippen molar-refractivity contribution in [2.24, 2.45) is 5.92 Å². The molecule has 0 spiro atoms. The standard InChI is InChI=1S/C17H14BrF2NO2/c18-11-5-3-4-10(8-11)12-9-13(12)16(22)21-14-6-1-2-7-15(14)23-17(19)20/h1-8,12-13,17H,9H2,(H,21,22). The highest BCUT2D eigenvalue weighted by Gasteiger charge is 2.44. The topological polar surface area (TPSA) is 38.3 Å². The number of carbonyl (C=O) groups excluding carboxylic acids is 1. The number of hydrogen-bond donors (Lipinski definition) is 1. The van der Waals surface area contributed by atoms with Crippen molar-refractivity contribution in [3.63, 3.8) is 0 Å². The molecule has 0 saturated heterocycles. The molecule has 2 atom stereocenters. The summed E-state index contributed by atoms with van der Waals surface area (Å²) in [6.07, 6.45) is 0.750. The minimum atomic E-state index is -2.93. The number of para-hydroxylation sites is 2. The fraction of sp³-hybridized carbons (Fsp3) is 0.235. The lowest BCUT2D eigenvalue weighted by molar-refractivity contribution is -0.117. The molecule has 0 aliphatic heterocycles. The molecule has 3 nitrogen and oxygen atoms in total. The van der Waals surface area contributed by atoms with Crippen molar-refractivity contribution in [1.29, 1.82) is 0 Å². The first kappa shape index (κ1) is 15.9. The Morgan fingerprint density at radius 1 is 1.22 bits per heavy atom. The zero-order valence-corrected chi connectivity index (χ0v) is 13.6. The van der Waals surface area contributed by atoms with E-state index in [2.05, 4.69) is 26.0 Å². The maximum Gasteiger partial charge on any atom is 0.387 e. The Morgan fingerprint density at radius 2 is 2.00 bits per heavy atom. The predicted octanol–water partition coefficient (Wildman–Crippen LogP) is 4.79. The lowest BCUT2D eigenvalue weighted by atomic mass is 10.1. The van der Waals surface area contributed by atoms with Crippen LogP contribution >= 0.6 is 15.9 Å². The van der Waals surface area contributed by atoms with Gasteiger partial charge in [0.05, 0.1) is 5.69 Å². The third-order valence-corrected chi connectivity index (χ3v) is 4.26. The quantitative estimate of drug-likeness (QED) is 0.808. The van der Waals surface area contributed by atoms with Crippen molar-refractivity contribution >= 4 is 27.5 Å².